The summed E-state index contributed by atoms with van der Waals surface area (Å²) in [5, 5.41) is 95.5. The van der Waals surface area contributed by atoms with Crippen LogP contribution in [0.3, 0.4) is 0 Å². The molecule has 0 bridgehead atoms. The standard InChI is InChI=1S/C44H28O8/c45-37-33-31(24-13-7-12-22(19-24)26-18-8-11-21-9-1-3-14-25(21)26)34-36(40(48)44(52)42(50)38(34)46)32(35(33)39(47)43(51)41(37)49)30-20-23-10-2-4-15-27(23)28-16-5-6-17-29(28)30/h1-20,45-52H. The predicted molar refractivity (Wildman–Crippen MR) is 204 cm³/mol. The third kappa shape index (κ3) is 4.15. The van der Waals surface area contributed by atoms with Gasteiger partial charge in [-0.1, -0.05) is 109 Å². The molecule has 9 aromatic rings. The van der Waals surface area contributed by atoms with Crippen molar-refractivity contribution >= 4 is 53.9 Å². The summed E-state index contributed by atoms with van der Waals surface area (Å²) in [6.45, 7) is 0. The Bertz CT molecular complexity index is 2920. The maximum absolute atomic E-state index is 11.8. The molecular formula is C44H28O8. The second kappa shape index (κ2) is 11.1. The van der Waals surface area contributed by atoms with Gasteiger partial charge in [0.1, 0.15) is 0 Å². The van der Waals surface area contributed by atoms with E-state index in [9.17, 15) is 40.9 Å². The molecule has 0 fully saturated rings. The second-order valence-electron chi connectivity index (χ2n) is 12.8. The average molecular weight is 685 g/mol. The molecule has 0 saturated carbocycles. The van der Waals surface area contributed by atoms with Gasteiger partial charge in [-0.25, -0.2) is 0 Å². The highest BCUT2D eigenvalue weighted by atomic mass is 16.4. The number of fused-ring (bicyclic) bond motifs is 6. The van der Waals surface area contributed by atoms with Crippen molar-refractivity contribution in [1.29, 1.82) is 0 Å². The quantitative estimate of drug-likeness (QED) is 0.0395. The Morgan fingerprint density at radius 2 is 0.712 bits per heavy atom. The number of hydrogen-bond acceptors (Lipinski definition) is 8. The first-order valence-electron chi connectivity index (χ1n) is 16.4. The molecule has 0 unspecified atom stereocenters. The van der Waals surface area contributed by atoms with Crippen LogP contribution in [-0.4, -0.2) is 40.9 Å². The van der Waals surface area contributed by atoms with Crippen molar-refractivity contribution in [2.24, 2.45) is 0 Å². The lowest BCUT2D eigenvalue weighted by Gasteiger charge is -2.23. The van der Waals surface area contributed by atoms with Gasteiger partial charge >= 0.3 is 0 Å². The lowest BCUT2D eigenvalue weighted by atomic mass is 9.81. The highest BCUT2D eigenvalue weighted by Crippen LogP contribution is 2.62. The Hall–Kier alpha value is -7.32. The van der Waals surface area contributed by atoms with Crippen molar-refractivity contribution < 1.29 is 40.9 Å². The van der Waals surface area contributed by atoms with Gasteiger partial charge in [0, 0.05) is 32.7 Å². The van der Waals surface area contributed by atoms with Crippen LogP contribution in [0, 0.1) is 0 Å². The molecule has 8 N–H and O–H groups in total. The average Bonchev–Trinajstić information content (AvgIpc) is 3.19. The van der Waals surface area contributed by atoms with Gasteiger partial charge in [-0.2, -0.15) is 0 Å². The largest absolute Gasteiger partial charge is 0.504 e. The maximum Gasteiger partial charge on any atom is 0.204 e. The maximum atomic E-state index is 11.8. The number of phenols is 8. The molecule has 9 aromatic carbocycles. The zero-order chi connectivity index (χ0) is 36.0. The highest BCUT2D eigenvalue weighted by molar-refractivity contribution is 6.31. The molecule has 0 spiro atoms. The summed E-state index contributed by atoms with van der Waals surface area (Å²) in [5.41, 5.74) is 2.33. The van der Waals surface area contributed by atoms with E-state index >= 15 is 0 Å². The molecule has 0 aliphatic heterocycles. The van der Waals surface area contributed by atoms with Crippen LogP contribution in [0.15, 0.2) is 121 Å². The first kappa shape index (κ1) is 30.7. The van der Waals surface area contributed by atoms with Crippen LogP contribution in [-0.2, 0) is 0 Å². The summed E-state index contributed by atoms with van der Waals surface area (Å²) in [5.74, 6) is -7.36. The molecule has 8 heteroatoms. The molecule has 0 heterocycles. The van der Waals surface area contributed by atoms with E-state index in [1.54, 1.807) is 30.3 Å². The molecule has 52 heavy (non-hydrogen) atoms. The van der Waals surface area contributed by atoms with Gasteiger partial charge in [0.25, 0.3) is 0 Å². The topological polar surface area (TPSA) is 162 Å². The van der Waals surface area contributed by atoms with E-state index in [1.165, 1.54) is 0 Å². The van der Waals surface area contributed by atoms with Crippen LogP contribution in [0.4, 0.5) is 0 Å². The van der Waals surface area contributed by atoms with Crippen molar-refractivity contribution in [1.82, 2.24) is 0 Å². The number of phenolic OH excluding ortho intramolecular Hbond substituents is 8. The fourth-order valence-corrected chi connectivity index (χ4v) is 7.76. The minimum absolute atomic E-state index is 0.00658. The van der Waals surface area contributed by atoms with E-state index in [-0.39, 0.29) is 32.7 Å². The summed E-state index contributed by atoms with van der Waals surface area (Å²) in [4.78, 5) is 0. The SMILES string of the molecule is Oc1c(O)c(O)c2c(-c3cc4ccccc4c4ccccc34)c3c(O)c(O)c(O)c(O)c3c(-c3cccc(-c4cccc5ccccc45)c3)c2c1O. The van der Waals surface area contributed by atoms with E-state index in [2.05, 4.69) is 0 Å². The van der Waals surface area contributed by atoms with E-state index in [4.69, 9.17) is 0 Å². The van der Waals surface area contributed by atoms with Crippen molar-refractivity contribution in [3.8, 4) is 79.4 Å². The second-order valence-corrected chi connectivity index (χ2v) is 12.8. The van der Waals surface area contributed by atoms with Crippen molar-refractivity contribution in [2.75, 3.05) is 0 Å². The molecule has 0 aliphatic carbocycles. The van der Waals surface area contributed by atoms with Gasteiger partial charge in [0.2, 0.25) is 23.0 Å². The van der Waals surface area contributed by atoms with Gasteiger partial charge < -0.3 is 40.9 Å². The van der Waals surface area contributed by atoms with E-state index in [1.807, 2.05) is 91.0 Å². The van der Waals surface area contributed by atoms with Crippen LogP contribution < -0.4 is 0 Å². The number of aromatic hydroxyl groups is 8. The zero-order valence-corrected chi connectivity index (χ0v) is 27.1. The third-order valence-corrected chi connectivity index (χ3v) is 10.1. The Balaban J connectivity index is 1.53. The monoisotopic (exact) mass is 684 g/mol. The minimum Gasteiger partial charge on any atom is -0.504 e. The Labute approximate surface area is 294 Å². The number of benzene rings is 9. The van der Waals surface area contributed by atoms with Gasteiger partial charge in [-0.05, 0) is 66.7 Å². The molecule has 0 aromatic heterocycles. The molecule has 252 valence electrons. The van der Waals surface area contributed by atoms with Crippen LogP contribution in [0.5, 0.6) is 46.0 Å². The molecule has 8 nitrogen and oxygen atoms in total. The van der Waals surface area contributed by atoms with Crippen LogP contribution in [0.2, 0.25) is 0 Å². The van der Waals surface area contributed by atoms with Crippen molar-refractivity contribution in [3.63, 3.8) is 0 Å². The molecular weight excluding hydrogens is 656 g/mol. The fourth-order valence-electron chi connectivity index (χ4n) is 7.76. The Morgan fingerprint density at radius 3 is 1.33 bits per heavy atom. The number of hydrogen-bond donors (Lipinski definition) is 8. The van der Waals surface area contributed by atoms with Gasteiger partial charge in [0.05, 0.1) is 0 Å². The lowest BCUT2D eigenvalue weighted by molar-refractivity contribution is 0.350. The van der Waals surface area contributed by atoms with Gasteiger partial charge in [-0.15, -0.1) is 0 Å². The molecule has 0 radical (unpaired) electrons. The van der Waals surface area contributed by atoms with Crippen molar-refractivity contribution in [2.45, 2.75) is 0 Å². The van der Waals surface area contributed by atoms with Crippen LogP contribution in [0.1, 0.15) is 0 Å². The third-order valence-electron chi connectivity index (χ3n) is 10.1. The summed E-state index contributed by atoms with van der Waals surface area (Å²) in [6.07, 6.45) is 0. The fraction of sp³-hybridized carbons (Fsp3) is 0. The summed E-state index contributed by atoms with van der Waals surface area (Å²) in [6, 6.07) is 37.6. The molecule has 0 aliphatic rings. The first-order chi connectivity index (χ1) is 25.2. The first-order valence-corrected chi connectivity index (χ1v) is 16.4. The molecule has 0 amide bonds. The Morgan fingerprint density at radius 1 is 0.269 bits per heavy atom. The van der Waals surface area contributed by atoms with Gasteiger partial charge in [0.15, 0.2) is 23.0 Å². The van der Waals surface area contributed by atoms with Gasteiger partial charge in [-0.3, -0.25) is 0 Å². The highest BCUT2D eigenvalue weighted by Gasteiger charge is 2.33. The summed E-state index contributed by atoms with van der Waals surface area (Å²) in [7, 11) is 0. The van der Waals surface area contributed by atoms with E-state index in [0.29, 0.717) is 16.5 Å². The lowest BCUT2D eigenvalue weighted by Crippen LogP contribution is -1.95. The molecule has 0 atom stereocenters. The predicted octanol–water partition coefficient (Wildman–Crippen LogP) is 10.1. The summed E-state index contributed by atoms with van der Waals surface area (Å²) >= 11 is 0. The number of rotatable bonds is 3. The Kier molecular flexibility index (Phi) is 6.55. The molecule has 9 rings (SSSR count). The minimum atomic E-state index is -1.02. The zero-order valence-electron chi connectivity index (χ0n) is 27.1. The summed E-state index contributed by atoms with van der Waals surface area (Å²) < 4.78 is 0. The van der Waals surface area contributed by atoms with E-state index in [0.717, 1.165) is 38.1 Å². The van der Waals surface area contributed by atoms with Crippen molar-refractivity contribution in [3.05, 3.63) is 121 Å². The van der Waals surface area contributed by atoms with Crippen LogP contribution in [0.25, 0.3) is 87.2 Å². The van der Waals surface area contributed by atoms with Crippen LogP contribution >= 0.6 is 0 Å². The van der Waals surface area contributed by atoms with E-state index < -0.39 is 46.0 Å². The normalized spacial score (nSPS) is 11.7. The molecule has 0 saturated heterocycles. The smallest absolute Gasteiger partial charge is 0.204 e.